The van der Waals surface area contributed by atoms with Crippen molar-refractivity contribution in [3.63, 3.8) is 0 Å². The molecule has 1 aromatic heterocycles. The monoisotopic (exact) mass is 810 g/mol. The molecule has 3 heterocycles. The fraction of sp³-hybridized carbons (Fsp3) is 0.439. The maximum atomic E-state index is 9.07. The van der Waals surface area contributed by atoms with Gasteiger partial charge >= 0.3 is 0 Å². The molecule has 0 spiro atoms. The van der Waals surface area contributed by atoms with E-state index in [0.717, 1.165) is 81.9 Å². The molecule has 5 aromatic carbocycles. The lowest BCUT2D eigenvalue weighted by molar-refractivity contribution is 0.332. The first-order valence-corrected chi connectivity index (χ1v) is 22.9. The van der Waals surface area contributed by atoms with Crippen LogP contribution in [0.2, 0.25) is 0 Å². The zero-order valence-electron chi connectivity index (χ0n) is 42.3. The lowest BCUT2D eigenvalue weighted by atomic mass is 9.35. The third-order valence-corrected chi connectivity index (χ3v) is 15.6. The number of hydrogen-bond acceptors (Lipinski definition) is 3. The second-order valence-corrected chi connectivity index (χ2v) is 23.8. The van der Waals surface area contributed by atoms with Gasteiger partial charge < -0.3 is 14.2 Å². The van der Waals surface area contributed by atoms with Crippen LogP contribution in [0.4, 0.5) is 34.1 Å². The van der Waals surface area contributed by atoms with Crippen LogP contribution in [0.25, 0.3) is 11.0 Å². The molecule has 4 heteroatoms. The second-order valence-electron chi connectivity index (χ2n) is 23.8. The highest BCUT2D eigenvalue weighted by Crippen LogP contribution is 2.53. The standard InChI is InChI=1S/C57H67BN2O/c1-34-28-46-49-47(29-34)60(37-19-16-35(17-20-37)52(2,3)4)50-39-30-36(53(5,6)7)18-23-48(39)61-51(50)58(49)44-32-42-43(57(14,15)27-26-56(42,12)13)33-45(44)59(46)38-21-22-40-41(31-38)55(10,11)25-24-54(40,8)9/h16-23,28-33H,24-27H2,1-15H3/i1D3. The van der Waals surface area contributed by atoms with Gasteiger partial charge in [-0.3, -0.25) is 0 Å². The Balaban J connectivity index is 1.36. The van der Waals surface area contributed by atoms with Crippen molar-refractivity contribution in [1.82, 2.24) is 0 Å². The summed E-state index contributed by atoms with van der Waals surface area (Å²) in [6.45, 7) is 30.0. The summed E-state index contributed by atoms with van der Waals surface area (Å²) < 4.78 is 34.5. The molecule has 4 aliphatic rings. The molecule has 0 bridgehead atoms. The van der Waals surface area contributed by atoms with Crippen molar-refractivity contribution in [3.05, 3.63) is 124 Å². The first-order chi connectivity index (χ1) is 29.6. The van der Waals surface area contributed by atoms with Crippen LogP contribution in [0.5, 0.6) is 0 Å². The van der Waals surface area contributed by atoms with E-state index in [1.807, 2.05) is 12.1 Å². The topological polar surface area (TPSA) is 19.6 Å². The summed E-state index contributed by atoms with van der Waals surface area (Å²) in [6.07, 6.45) is 4.43. The predicted molar refractivity (Wildman–Crippen MR) is 263 cm³/mol. The van der Waals surface area contributed by atoms with Gasteiger partial charge in [0.25, 0.3) is 6.71 Å². The number of fused-ring (bicyclic) bond motifs is 8. The summed E-state index contributed by atoms with van der Waals surface area (Å²) >= 11 is 0. The minimum absolute atomic E-state index is 0.0189. The maximum absolute atomic E-state index is 9.07. The first kappa shape index (κ1) is 36.9. The van der Waals surface area contributed by atoms with Gasteiger partial charge in [-0.2, -0.15) is 0 Å². The first-order valence-electron chi connectivity index (χ1n) is 24.4. The van der Waals surface area contributed by atoms with Crippen molar-refractivity contribution in [2.75, 3.05) is 9.80 Å². The number of furan rings is 1. The molecule has 0 atom stereocenters. The molecule has 2 aliphatic carbocycles. The van der Waals surface area contributed by atoms with Crippen LogP contribution >= 0.6 is 0 Å². The average Bonchev–Trinajstić information content (AvgIpc) is 3.58. The molecular weight excluding hydrogens is 739 g/mol. The Bertz CT molecular complexity index is 2910. The van der Waals surface area contributed by atoms with Crippen LogP contribution < -0.4 is 26.4 Å². The molecule has 0 fully saturated rings. The fourth-order valence-corrected chi connectivity index (χ4v) is 11.4. The molecule has 3 nitrogen and oxygen atoms in total. The van der Waals surface area contributed by atoms with Crippen molar-refractivity contribution < 1.29 is 8.53 Å². The summed E-state index contributed by atoms with van der Waals surface area (Å²) in [6, 6.07) is 31.7. The average molecular weight is 810 g/mol. The van der Waals surface area contributed by atoms with Crippen LogP contribution in [0.15, 0.2) is 89.3 Å². The summed E-state index contributed by atoms with van der Waals surface area (Å²) in [5.74, 6) is 0. The predicted octanol–water partition coefficient (Wildman–Crippen LogP) is 14.1. The van der Waals surface area contributed by atoms with E-state index >= 15 is 0 Å². The minimum atomic E-state index is -2.36. The molecular formula is C57H67BN2O. The molecule has 0 N–H and O–H groups in total. The third kappa shape index (κ3) is 6.04. The molecule has 2 aliphatic heterocycles. The Labute approximate surface area is 371 Å². The maximum Gasteiger partial charge on any atom is 0.297 e. The zero-order chi connectivity index (χ0) is 46.1. The third-order valence-electron chi connectivity index (χ3n) is 15.6. The van der Waals surface area contributed by atoms with Crippen LogP contribution in [0.1, 0.15) is 166 Å². The van der Waals surface area contributed by atoms with E-state index in [1.54, 1.807) is 0 Å². The van der Waals surface area contributed by atoms with Gasteiger partial charge in [0.05, 0.1) is 11.3 Å². The van der Waals surface area contributed by atoms with Crippen molar-refractivity contribution in [2.24, 2.45) is 0 Å². The Morgan fingerprint density at radius 3 is 1.66 bits per heavy atom. The quantitative estimate of drug-likeness (QED) is 0.162. The smallest absolute Gasteiger partial charge is 0.297 e. The van der Waals surface area contributed by atoms with Gasteiger partial charge in [-0.1, -0.05) is 127 Å². The van der Waals surface area contributed by atoms with Gasteiger partial charge in [-0.05, 0) is 169 Å². The largest absolute Gasteiger partial charge is 0.468 e. The van der Waals surface area contributed by atoms with Crippen molar-refractivity contribution in [3.8, 4) is 0 Å². The molecule has 10 rings (SSSR count). The van der Waals surface area contributed by atoms with Crippen LogP contribution in [0.3, 0.4) is 0 Å². The van der Waals surface area contributed by atoms with Crippen LogP contribution in [0, 0.1) is 6.85 Å². The van der Waals surface area contributed by atoms with Crippen molar-refractivity contribution in [2.45, 2.75) is 162 Å². The normalized spacial score (nSPS) is 20.2. The zero-order valence-corrected chi connectivity index (χ0v) is 39.3. The van der Waals surface area contributed by atoms with Gasteiger partial charge in [0, 0.05) is 37.9 Å². The van der Waals surface area contributed by atoms with E-state index in [9.17, 15) is 0 Å². The number of nitrogens with zero attached hydrogens (tertiary/aromatic N) is 2. The van der Waals surface area contributed by atoms with E-state index in [-0.39, 0.29) is 39.2 Å². The van der Waals surface area contributed by atoms with E-state index in [1.165, 1.54) is 38.8 Å². The highest BCUT2D eigenvalue weighted by atomic mass is 16.3. The molecule has 0 saturated carbocycles. The number of benzene rings is 5. The highest BCUT2D eigenvalue weighted by Gasteiger charge is 2.49. The Kier molecular flexibility index (Phi) is 7.69. The van der Waals surface area contributed by atoms with Crippen molar-refractivity contribution >= 4 is 68.4 Å². The van der Waals surface area contributed by atoms with Gasteiger partial charge in [0.1, 0.15) is 5.58 Å². The number of hydrogen-bond donors (Lipinski definition) is 0. The minimum Gasteiger partial charge on any atom is -0.468 e. The molecule has 6 aromatic rings. The van der Waals surface area contributed by atoms with Gasteiger partial charge in [-0.25, -0.2) is 0 Å². The second kappa shape index (κ2) is 12.7. The van der Waals surface area contributed by atoms with E-state index < -0.39 is 6.85 Å². The Morgan fingerprint density at radius 2 is 1.07 bits per heavy atom. The highest BCUT2D eigenvalue weighted by molar-refractivity contribution is 7.00. The SMILES string of the molecule is [2H]C([2H])([2H])c1cc2c3c(c1)N(c1ccc(C(C)(C)C)cc1)c1c(oc4ccc(C(C)(C)C)cc14)B3c1cc3c(cc1N2c1ccc2c(c1)C(C)(C)CCC2(C)C)C(C)(C)CCC3(C)C. The Hall–Kier alpha value is -4.70. The van der Waals surface area contributed by atoms with E-state index in [2.05, 4.69) is 180 Å². The molecule has 0 saturated heterocycles. The van der Waals surface area contributed by atoms with E-state index in [4.69, 9.17) is 8.53 Å². The summed E-state index contributed by atoms with van der Waals surface area (Å²) in [5.41, 5.74) is 18.1. The lowest BCUT2D eigenvalue weighted by Crippen LogP contribution is -2.61. The van der Waals surface area contributed by atoms with Crippen molar-refractivity contribution in [1.29, 1.82) is 0 Å². The number of anilines is 6. The molecule has 0 unspecified atom stereocenters. The molecule has 0 radical (unpaired) electrons. The summed E-state index contributed by atoms with van der Waals surface area (Å²) in [5, 5.41) is 1.04. The van der Waals surface area contributed by atoms with E-state index in [0.29, 0.717) is 5.56 Å². The summed E-state index contributed by atoms with van der Waals surface area (Å²) in [7, 11) is 0. The molecule has 61 heavy (non-hydrogen) atoms. The van der Waals surface area contributed by atoms with Gasteiger partial charge in [0.15, 0.2) is 0 Å². The van der Waals surface area contributed by atoms with Gasteiger partial charge in [-0.15, -0.1) is 0 Å². The number of aryl methyl sites for hydroxylation is 1. The summed E-state index contributed by atoms with van der Waals surface area (Å²) in [4.78, 5) is 4.76. The fourth-order valence-electron chi connectivity index (χ4n) is 11.4. The molecule has 0 amide bonds. The van der Waals surface area contributed by atoms with Gasteiger partial charge in [0.2, 0.25) is 0 Å². The lowest BCUT2D eigenvalue weighted by Gasteiger charge is -2.47. The Morgan fingerprint density at radius 1 is 0.541 bits per heavy atom. The van der Waals surface area contributed by atoms with Crippen LogP contribution in [-0.2, 0) is 32.5 Å². The van der Waals surface area contributed by atoms with Crippen LogP contribution in [-0.4, -0.2) is 6.71 Å². The molecule has 314 valence electrons. The number of rotatable bonds is 2.